The number of fused-ring (bicyclic) bond motifs is 1. The first-order valence-electron chi connectivity index (χ1n) is 6.40. The fourth-order valence-corrected chi connectivity index (χ4v) is 2.59. The van der Waals surface area contributed by atoms with Crippen molar-refractivity contribution in [3.8, 4) is 0 Å². The summed E-state index contributed by atoms with van der Waals surface area (Å²) in [6.07, 6.45) is 3.40. The van der Waals surface area contributed by atoms with Crippen molar-refractivity contribution in [2.24, 2.45) is 0 Å². The smallest absolute Gasteiger partial charge is 0.0477 e. The first kappa shape index (κ1) is 12.9. The lowest BCUT2D eigenvalue weighted by atomic mass is 10.1. The molecule has 1 aromatic rings. The summed E-state index contributed by atoms with van der Waals surface area (Å²) in [7, 11) is 0. The molecule has 0 saturated heterocycles. The molecule has 1 aliphatic rings. The van der Waals surface area contributed by atoms with Crippen molar-refractivity contribution < 1.29 is 4.74 Å². The molecule has 0 radical (unpaired) electrons. The van der Waals surface area contributed by atoms with E-state index in [1.54, 1.807) is 0 Å². The Labute approximate surface area is 108 Å². The maximum atomic E-state index is 6.00. The van der Waals surface area contributed by atoms with Crippen molar-refractivity contribution >= 4 is 11.6 Å². The molecule has 2 rings (SSSR count). The van der Waals surface area contributed by atoms with Crippen LogP contribution in [0.2, 0.25) is 5.02 Å². The molecule has 0 saturated carbocycles. The van der Waals surface area contributed by atoms with Crippen molar-refractivity contribution in [1.29, 1.82) is 0 Å². The van der Waals surface area contributed by atoms with Gasteiger partial charge in [-0.1, -0.05) is 17.7 Å². The summed E-state index contributed by atoms with van der Waals surface area (Å²) in [4.78, 5) is 0. The van der Waals surface area contributed by atoms with Crippen LogP contribution in [0.5, 0.6) is 0 Å². The van der Waals surface area contributed by atoms with Crippen LogP contribution in [0.1, 0.15) is 36.9 Å². The van der Waals surface area contributed by atoms with Gasteiger partial charge in [-0.3, -0.25) is 0 Å². The Kier molecular flexibility index (Phi) is 4.84. The van der Waals surface area contributed by atoms with E-state index in [1.807, 2.05) is 13.0 Å². The molecule has 0 spiro atoms. The Morgan fingerprint density at radius 1 is 1.47 bits per heavy atom. The number of aryl methyl sites for hydroxylation is 1. The van der Waals surface area contributed by atoms with E-state index >= 15 is 0 Å². The fraction of sp³-hybridized carbons (Fsp3) is 0.571. The minimum atomic E-state index is 0.504. The molecule has 0 aromatic heterocycles. The second-order valence-electron chi connectivity index (χ2n) is 4.44. The zero-order valence-corrected chi connectivity index (χ0v) is 11.1. The zero-order valence-electron chi connectivity index (χ0n) is 10.3. The van der Waals surface area contributed by atoms with Crippen LogP contribution in [0.15, 0.2) is 18.2 Å². The van der Waals surface area contributed by atoms with E-state index in [1.165, 1.54) is 17.5 Å². The van der Waals surface area contributed by atoms with Crippen LogP contribution < -0.4 is 5.32 Å². The molecule has 0 fully saturated rings. The average molecular weight is 254 g/mol. The molecule has 1 atom stereocenters. The van der Waals surface area contributed by atoms with Gasteiger partial charge < -0.3 is 10.1 Å². The molecule has 0 bridgehead atoms. The van der Waals surface area contributed by atoms with E-state index in [0.29, 0.717) is 6.04 Å². The lowest BCUT2D eigenvalue weighted by molar-refractivity contribution is 0.144. The highest BCUT2D eigenvalue weighted by molar-refractivity contribution is 6.30. The van der Waals surface area contributed by atoms with Gasteiger partial charge in [-0.25, -0.2) is 0 Å². The maximum absolute atomic E-state index is 6.00. The number of ether oxygens (including phenoxy) is 1. The van der Waals surface area contributed by atoms with Crippen molar-refractivity contribution in [3.63, 3.8) is 0 Å². The third-order valence-electron chi connectivity index (χ3n) is 3.24. The number of hydrogen-bond acceptors (Lipinski definition) is 2. The van der Waals surface area contributed by atoms with Crippen LogP contribution in [0.4, 0.5) is 0 Å². The topological polar surface area (TPSA) is 21.3 Å². The second kappa shape index (κ2) is 6.39. The Bertz CT molecular complexity index is 367. The molecule has 2 nitrogen and oxygen atoms in total. The normalized spacial score (nSPS) is 18.4. The highest BCUT2D eigenvalue weighted by Gasteiger charge is 2.21. The second-order valence-corrected chi connectivity index (χ2v) is 4.88. The van der Waals surface area contributed by atoms with Crippen molar-refractivity contribution in [2.45, 2.75) is 32.2 Å². The predicted molar refractivity (Wildman–Crippen MR) is 71.6 cm³/mol. The number of rotatable bonds is 6. The summed E-state index contributed by atoms with van der Waals surface area (Å²) < 4.78 is 5.33. The molecule has 0 heterocycles. The van der Waals surface area contributed by atoms with Crippen LogP contribution >= 0.6 is 11.6 Å². The van der Waals surface area contributed by atoms with Crippen LogP contribution in [0, 0.1) is 0 Å². The van der Waals surface area contributed by atoms with Gasteiger partial charge in [0, 0.05) is 24.3 Å². The third-order valence-corrected chi connectivity index (χ3v) is 3.48. The molecule has 1 N–H and O–H groups in total. The fourth-order valence-electron chi connectivity index (χ4n) is 2.39. The van der Waals surface area contributed by atoms with Gasteiger partial charge in [0.2, 0.25) is 0 Å². The SMILES string of the molecule is CCOCCCNC1CCc2cc(Cl)ccc21. The maximum Gasteiger partial charge on any atom is 0.0477 e. The first-order chi connectivity index (χ1) is 8.31. The van der Waals surface area contributed by atoms with E-state index < -0.39 is 0 Å². The number of benzene rings is 1. The minimum absolute atomic E-state index is 0.504. The van der Waals surface area contributed by atoms with Crippen LogP contribution in [-0.4, -0.2) is 19.8 Å². The van der Waals surface area contributed by atoms with Crippen LogP contribution in [0.25, 0.3) is 0 Å². The number of nitrogens with one attached hydrogen (secondary N) is 1. The van der Waals surface area contributed by atoms with E-state index in [9.17, 15) is 0 Å². The summed E-state index contributed by atoms with van der Waals surface area (Å²) in [5.74, 6) is 0. The highest BCUT2D eigenvalue weighted by Crippen LogP contribution is 2.32. The summed E-state index contributed by atoms with van der Waals surface area (Å²) in [6.45, 7) is 4.71. The van der Waals surface area contributed by atoms with Gasteiger partial charge in [0.1, 0.15) is 0 Å². The van der Waals surface area contributed by atoms with Gasteiger partial charge in [0.25, 0.3) is 0 Å². The Hall–Kier alpha value is -0.570. The van der Waals surface area contributed by atoms with Crippen molar-refractivity contribution in [1.82, 2.24) is 5.32 Å². The monoisotopic (exact) mass is 253 g/mol. The molecule has 1 aromatic carbocycles. The summed E-state index contributed by atoms with van der Waals surface area (Å²) in [5.41, 5.74) is 2.82. The van der Waals surface area contributed by atoms with Crippen molar-refractivity contribution in [2.75, 3.05) is 19.8 Å². The van der Waals surface area contributed by atoms with Gasteiger partial charge >= 0.3 is 0 Å². The number of halogens is 1. The Morgan fingerprint density at radius 3 is 3.18 bits per heavy atom. The largest absolute Gasteiger partial charge is 0.382 e. The molecule has 94 valence electrons. The zero-order chi connectivity index (χ0) is 12.1. The van der Waals surface area contributed by atoms with E-state index in [4.69, 9.17) is 16.3 Å². The highest BCUT2D eigenvalue weighted by atomic mass is 35.5. The summed E-state index contributed by atoms with van der Waals surface area (Å²) >= 11 is 6.00. The molecule has 1 unspecified atom stereocenters. The predicted octanol–water partition coefficient (Wildman–Crippen LogP) is 3.34. The van der Waals surface area contributed by atoms with E-state index in [0.717, 1.165) is 37.6 Å². The van der Waals surface area contributed by atoms with Gasteiger partial charge in [-0.15, -0.1) is 0 Å². The molecular weight excluding hydrogens is 234 g/mol. The van der Waals surface area contributed by atoms with Crippen LogP contribution in [0.3, 0.4) is 0 Å². The van der Waals surface area contributed by atoms with Gasteiger partial charge in [-0.05, 0) is 56.0 Å². The molecule has 0 aliphatic heterocycles. The standard InChI is InChI=1S/C14H20ClNO/c1-2-17-9-3-8-16-14-7-4-11-10-12(15)5-6-13(11)14/h5-6,10,14,16H,2-4,7-9H2,1H3. The quantitative estimate of drug-likeness (QED) is 0.785. The summed E-state index contributed by atoms with van der Waals surface area (Å²) in [6, 6.07) is 6.74. The molecule has 17 heavy (non-hydrogen) atoms. The van der Waals surface area contributed by atoms with E-state index in [-0.39, 0.29) is 0 Å². The molecule has 0 amide bonds. The third kappa shape index (κ3) is 3.44. The molecular formula is C14H20ClNO. The average Bonchev–Trinajstić information content (AvgIpc) is 2.71. The van der Waals surface area contributed by atoms with Gasteiger partial charge in [0.15, 0.2) is 0 Å². The molecule has 3 heteroatoms. The Morgan fingerprint density at radius 2 is 2.35 bits per heavy atom. The lowest BCUT2D eigenvalue weighted by Crippen LogP contribution is -2.21. The number of hydrogen-bond donors (Lipinski definition) is 1. The summed E-state index contributed by atoms with van der Waals surface area (Å²) in [5, 5.41) is 4.44. The van der Waals surface area contributed by atoms with Gasteiger partial charge in [-0.2, -0.15) is 0 Å². The van der Waals surface area contributed by atoms with E-state index in [2.05, 4.69) is 17.4 Å². The van der Waals surface area contributed by atoms with Gasteiger partial charge in [0.05, 0.1) is 0 Å². The molecule has 1 aliphatic carbocycles. The lowest BCUT2D eigenvalue weighted by Gasteiger charge is -2.14. The minimum Gasteiger partial charge on any atom is -0.382 e. The first-order valence-corrected chi connectivity index (χ1v) is 6.78. The Balaban J connectivity index is 1.81. The van der Waals surface area contributed by atoms with Crippen LogP contribution in [-0.2, 0) is 11.2 Å². The van der Waals surface area contributed by atoms with Crippen molar-refractivity contribution in [3.05, 3.63) is 34.3 Å².